The first-order chi connectivity index (χ1) is 11.0. The summed E-state index contributed by atoms with van der Waals surface area (Å²) in [4.78, 5) is 38.6. The van der Waals surface area contributed by atoms with E-state index in [2.05, 4.69) is 10.6 Å². The monoisotopic (exact) mass is 412 g/mol. The van der Waals surface area contributed by atoms with Gasteiger partial charge in [-0.1, -0.05) is 7.43 Å². The summed E-state index contributed by atoms with van der Waals surface area (Å²) in [6.07, 6.45) is 0. The molecule has 0 radical (unpaired) electrons. The molecule has 2 saturated heterocycles. The van der Waals surface area contributed by atoms with E-state index < -0.39 is 24.0 Å². The fourth-order valence-electron chi connectivity index (χ4n) is 1.62. The van der Waals surface area contributed by atoms with Gasteiger partial charge in [0, 0.05) is 6.54 Å². The number of nitrogens with one attached hydrogen (secondary N) is 1. The average Bonchev–Trinajstić information content (AvgIpc) is 2.57. The van der Waals surface area contributed by atoms with Crippen LogP contribution in [-0.4, -0.2) is 78.8 Å². The zero-order valence-electron chi connectivity index (χ0n) is 13.4. The topological polar surface area (TPSA) is 190 Å². The first-order valence-electron chi connectivity index (χ1n) is 6.37. The van der Waals surface area contributed by atoms with Gasteiger partial charge in [0.05, 0.1) is 38.3 Å². The predicted molar refractivity (Wildman–Crippen MR) is 88.1 cm³/mol. The van der Waals surface area contributed by atoms with Crippen molar-refractivity contribution >= 4 is 24.3 Å². The quantitative estimate of drug-likeness (QED) is 0.240. The summed E-state index contributed by atoms with van der Waals surface area (Å²) in [7, 11) is 0. The molecule has 2 aliphatic rings. The van der Waals surface area contributed by atoms with Gasteiger partial charge < -0.3 is 35.1 Å². The average molecular weight is 413 g/mol. The maximum absolute atomic E-state index is 10.4. The number of rotatable bonds is 3. The van der Waals surface area contributed by atoms with Gasteiger partial charge in [-0.3, -0.25) is 4.79 Å². The number of morpholine rings is 2. The maximum Gasteiger partial charge on any atom is 1.00 e. The van der Waals surface area contributed by atoms with Gasteiger partial charge in [-0.25, -0.2) is 9.80 Å². The first kappa shape index (κ1) is 32.6. The van der Waals surface area contributed by atoms with Crippen molar-refractivity contribution in [2.45, 2.75) is 19.5 Å². The van der Waals surface area contributed by atoms with Crippen molar-refractivity contribution in [3.63, 3.8) is 0 Å². The summed E-state index contributed by atoms with van der Waals surface area (Å²) in [5.74, 6) is -1.92. The molecule has 0 spiro atoms. The Morgan fingerprint density at radius 2 is 1.65 bits per heavy atom. The van der Waals surface area contributed by atoms with Crippen LogP contribution in [0.5, 0.6) is 0 Å². The van der Waals surface area contributed by atoms with Crippen molar-refractivity contribution in [1.82, 2.24) is 10.3 Å². The molecule has 13 nitrogen and oxygen atoms in total. The van der Waals surface area contributed by atoms with E-state index >= 15 is 0 Å². The van der Waals surface area contributed by atoms with Crippen LogP contribution < -0.4 is 34.9 Å². The number of carboxylic acids is 2. The van der Waals surface area contributed by atoms with E-state index in [1.807, 2.05) is 0 Å². The molecule has 0 saturated carbocycles. The molecule has 0 aromatic heterocycles. The summed E-state index contributed by atoms with van der Waals surface area (Å²) in [6, 6.07) is -1.42. The Morgan fingerprint density at radius 3 is 1.96 bits per heavy atom. The molecule has 0 aliphatic carbocycles. The van der Waals surface area contributed by atoms with Crippen LogP contribution in [0.25, 0.3) is 0 Å². The predicted octanol–water partition coefficient (Wildman–Crippen LogP) is -3.17. The minimum atomic E-state index is -1.08. The van der Waals surface area contributed by atoms with Crippen LogP contribution in [0.2, 0.25) is 0 Å². The van der Waals surface area contributed by atoms with Crippen LogP contribution in [0.4, 0.5) is 0 Å². The Morgan fingerprint density at radius 1 is 1.12 bits per heavy atom. The Labute approximate surface area is 178 Å². The molecule has 0 aromatic carbocycles. The summed E-state index contributed by atoms with van der Waals surface area (Å²) in [5, 5.41) is 32.3. The second-order valence-corrected chi connectivity index (χ2v) is 4.17. The zero-order chi connectivity index (χ0) is 17.7. The summed E-state index contributed by atoms with van der Waals surface area (Å²) >= 11 is 0. The van der Waals surface area contributed by atoms with Crippen molar-refractivity contribution in [2.24, 2.45) is 10.6 Å². The second-order valence-electron chi connectivity index (χ2n) is 4.17. The van der Waals surface area contributed by atoms with E-state index in [-0.39, 0.29) is 69.1 Å². The van der Waals surface area contributed by atoms with E-state index in [9.17, 15) is 14.5 Å². The van der Waals surface area contributed by atoms with Gasteiger partial charge >= 0.3 is 41.5 Å². The number of nitroso groups, excluding NO2 is 1. The molecule has 148 valence electrons. The molecule has 2 heterocycles. The number of ether oxygens (including phenoxy) is 2. The van der Waals surface area contributed by atoms with E-state index in [0.29, 0.717) is 19.8 Å². The number of aliphatic carboxylic acids is 2. The standard InChI is InChI=1S/C5H8N2O4.C5H9NO3.CH4.ClH.HNO2.Na/c8-5(9)4-3-11-2-1-7(4)6-10;7-5(8)4-3-9-2-1-6-4;;;2-1-3;/h4H,1-3H2,(H,8,9);4,6H,1-3H2,(H,7,8);1H4;1H;(H,2,3);/q;;;;;+1/p-1. The normalized spacial score (nSPS) is 20.5. The molecular formula is C11H22ClN4NaO9. The van der Waals surface area contributed by atoms with Crippen LogP contribution in [0.15, 0.2) is 10.6 Å². The number of hydrogen-bond acceptors (Lipinski definition) is 10. The number of nitrogens with zero attached hydrogens (tertiary/aromatic N) is 3. The minimum Gasteiger partial charge on any atom is -0.480 e. The van der Waals surface area contributed by atoms with Crippen LogP contribution in [0.3, 0.4) is 0 Å². The van der Waals surface area contributed by atoms with Crippen molar-refractivity contribution in [2.75, 3.05) is 39.5 Å². The summed E-state index contributed by atoms with van der Waals surface area (Å²) in [5.41, 5.74) is 0. The fourth-order valence-corrected chi connectivity index (χ4v) is 1.62. The molecule has 2 rings (SSSR count). The Hall–Kier alpha value is -1.09. The number of carbonyl (C=O) groups is 2. The number of halogens is 1. The molecule has 0 bridgehead atoms. The summed E-state index contributed by atoms with van der Waals surface area (Å²) in [6.45, 7) is 2.17. The van der Waals surface area contributed by atoms with Gasteiger partial charge in [0.1, 0.15) is 6.04 Å². The third kappa shape index (κ3) is 14.1. The van der Waals surface area contributed by atoms with Crippen molar-refractivity contribution < 1.29 is 58.8 Å². The fraction of sp³-hybridized carbons (Fsp3) is 0.818. The molecule has 2 fully saturated rings. The van der Waals surface area contributed by atoms with E-state index in [0.717, 1.165) is 10.3 Å². The van der Waals surface area contributed by atoms with Gasteiger partial charge in [-0.05, 0) is 0 Å². The van der Waals surface area contributed by atoms with Gasteiger partial charge in [-0.2, -0.15) is 0 Å². The van der Waals surface area contributed by atoms with Crippen LogP contribution >= 0.6 is 12.4 Å². The smallest absolute Gasteiger partial charge is 0.480 e. The molecule has 26 heavy (non-hydrogen) atoms. The van der Waals surface area contributed by atoms with E-state index in [1.165, 1.54) is 0 Å². The van der Waals surface area contributed by atoms with Crippen molar-refractivity contribution in [3.05, 3.63) is 15.0 Å². The number of carboxylic acid groups (broad SMARTS) is 2. The van der Waals surface area contributed by atoms with Crippen molar-refractivity contribution in [3.8, 4) is 0 Å². The molecule has 2 aliphatic heterocycles. The maximum atomic E-state index is 10.4. The van der Waals surface area contributed by atoms with E-state index in [4.69, 9.17) is 29.8 Å². The molecule has 15 heteroatoms. The van der Waals surface area contributed by atoms with Crippen LogP contribution in [-0.2, 0) is 19.1 Å². The molecule has 0 amide bonds. The second kappa shape index (κ2) is 20.2. The van der Waals surface area contributed by atoms with E-state index in [1.54, 1.807) is 0 Å². The Kier molecular flexibility index (Phi) is 25.3. The molecule has 0 aromatic rings. The largest absolute Gasteiger partial charge is 1.00 e. The van der Waals surface area contributed by atoms with Gasteiger partial charge in [-0.15, -0.1) is 22.7 Å². The van der Waals surface area contributed by atoms with Gasteiger partial charge in [0.25, 0.3) is 0 Å². The van der Waals surface area contributed by atoms with Crippen LogP contribution in [0, 0.1) is 15.0 Å². The first-order valence-corrected chi connectivity index (χ1v) is 6.37. The Balaban J connectivity index is -0.000000148. The van der Waals surface area contributed by atoms with Crippen molar-refractivity contribution in [1.29, 1.82) is 0 Å². The molecular weight excluding hydrogens is 391 g/mol. The van der Waals surface area contributed by atoms with Crippen LogP contribution in [0.1, 0.15) is 7.43 Å². The molecule has 2 atom stereocenters. The van der Waals surface area contributed by atoms with Gasteiger partial charge in [0.15, 0.2) is 6.04 Å². The SMILES string of the molecule is C.Cl.O=C(O)C1COCCN1.O=NN1CCOCC1C(=O)O.O=N[O-].[Na+]. The Bertz CT molecular complexity index is 402. The third-order valence-corrected chi connectivity index (χ3v) is 2.71. The molecule has 2 unspecified atom stereocenters. The zero-order valence-corrected chi connectivity index (χ0v) is 16.2. The molecule has 3 N–H and O–H groups in total. The van der Waals surface area contributed by atoms with Gasteiger partial charge in [0.2, 0.25) is 0 Å². The minimum absolute atomic E-state index is 0. The summed E-state index contributed by atoms with van der Waals surface area (Å²) < 4.78 is 9.75. The number of hydrogen-bond donors (Lipinski definition) is 3. The third-order valence-electron chi connectivity index (χ3n) is 2.71.